The lowest BCUT2D eigenvalue weighted by Crippen LogP contribution is -2.39. The highest BCUT2D eigenvalue weighted by Crippen LogP contribution is 2.29. The quantitative estimate of drug-likeness (QED) is 0.708. The van der Waals surface area contributed by atoms with Gasteiger partial charge in [-0.05, 0) is 43.3 Å². The Bertz CT molecular complexity index is 688. The largest absolute Gasteiger partial charge is 0.508 e. The number of rotatable bonds is 6. The van der Waals surface area contributed by atoms with Crippen molar-refractivity contribution >= 4 is 11.7 Å². The lowest BCUT2D eigenvalue weighted by molar-refractivity contribution is 0.183. The maximum atomic E-state index is 12.0. The highest BCUT2D eigenvalue weighted by Gasteiger charge is 2.10. The first-order valence-corrected chi connectivity index (χ1v) is 7.27. The van der Waals surface area contributed by atoms with Gasteiger partial charge in [-0.15, -0.1) is 0 Å². The van der Waals surface area contributed by atoms with Crippen LogP contribution in [0.25, 0.3) is 0 Å². The molecule has 0 fully saturated rings. The Morgan fingerprint density at radius 2 is 1.71 bits per heavy atom. The van der Waals surface area contributed by atoms with E-state index in [-0.39, 0.29) is 5.75 Å². The predicted molar refractivity (Wildman–Crippen MR) is 89.9 cm³/mol. The van der Waals surface area contributed by atoms with Gasteiger partial charge in [0.15, 0.2) is 17.7 Å². The molecule has 0 aliphatic heterocycles. The number of phenolic OH excluding ortho intramolecular Hbond substituents is 1. The molecule has 0 radical (unpaired) electrons. The SMILES string of the molecule is COc1ccc(NC(=O)NC(C)Oc2ccc(O)cc2)cc1OC. The summed E-state index contributed by atoms with van der Waals surface area (Å²) in [7, 11) is 3.06. The number of anilines is 1. The molecule has 7 nitrogen and oxygen atoms in total. The van der Waals surface area contributed by atoms with Crippen molar-refractivity contribution in [2.75, 3.05) is 19.5 Å². The van der Waals surface area contributed by atoms with Gasteiger partial charge in [-0.25, -0.2) is 4.79 Å². The van der Waals surface area contributed by atoms with Gasteiger partial charge in [0, 0.05) is 11.8 Å². The molecular weight excluding hydrogens is 312 g/mol. The molecule has 2 amide bonds. The molecule has 2 aromatic rings. The number of phenols is 1. The molecule has 2 rings (SSSR count). The number of carbonyl (C=O) groups is 1. The number of aromatic hydroxyl groups is 1. The summed E-state index contributed by atoms with van der Waals surface area (Å²) in [6, 6.07) is 10.9. The summed E-state index contributed by atoms with van der Waals surface area (Å²) in [6.07, 6.45) is -0.560. The second-order valence-electron chi connectivity index (χ2n) is 4.92. The number of amides is 2. The summed E-state index contributed by atoms with van der Waals surface area (Å²) in [5.41, 5.74) is 0.557. The average molecular weight is 332 g/mol. The van der Waals surface area contributed by atoms with Crippen molar-refractivity contribution in [2.45, 2.75) is 13.2 Å². The molecule has 7 heteroatoms. The fraction of sp³-hybridized carbons (Fsp3) is 0.235. The van der Waals surface area contributed by atoms with E-state index in [4.69, 9.17) is 14.2 Å². The number of carbonyl (C=O) groups excluding carboxylic acids is 1. The van der Waals surface area contributed by atoms with Gasteiger partial charge in [-0.3, -0.25) is 0 Å². The maximum absolute atomic E-state index is 12.0. The van der Waals surface area contributed by atoms with Gasteiger partial charge in [0.25, 0.3) is 0 Å². The Morgan fingerprint density at radius 3 is 2.33 bits per heavy atom. The molecular formula is C17H20N2O5. The smallest absolute Gasteiger partial charge is 0.322 e. The van der Waals surface area contributed by atoms with Crippen LogP contribution in [0.1, 0.15) is 6.92 Å². The van der Waals surface area contributed by atoms with Crippen LogP contribution >= 0.6 is 0 Å². The molecule has 1 unspecified atom stereocenters. The Balaban J connectivity index is 1.91. The average Bonchev–Trinajstić information content (AvgIpc) is 2.56. The molecule has 0 saturated heterocycles. The minimum absolute atomic E-state index is 0.147. The fourth-order valence-corrected chi connectivity index (χ4v) is 2.02. The number of benzene rings is 2. The van der Waals surface area contributed by atoms with Crippen LogP contribution in [0.5, 0.6) is 23.0 Å². The summed E-state index contributed by atoms with van der Waals surface area (Å²) >= 11 is 0. The highest BCUT2D eigenvalue weighted by atomic mass is 16.5. The van der Waals surface area contributed by atoms with Crippen LogP contribution in [0.15, 0.2) is 42.5 Å². The minimum Gasteiger partial charge on any atom is -0.508 e. The van der Waals surface area contributed by atoms with Crippen molar-refractivity contribution in [1.82, 2.24) is 5.32 Å². The first kappa shape index (κ1) is 17.3. The summed E-state index contributed by atoms with van der Waals surface area (Å²) in [4.78, 5) is 12.0. The van der Waals surface area contributed by atoms with Crippen molar-refractivity contribution in [3.63, 3.8) is 0 Å². The summed E-state index contributed by atoms with van der Waals surface area (Å²) < 4.78 is 15.9. The third-order valence-electron chi connectivity index (χ3n) is 3.13. The number of methoxy groups -OCH3 is 2. The van der Waals surface area contributed by atoms with E-state index in [1.165, 1.54) is 19.2 Å². The Morgan fingerprint density at radius 1 is 1.04 bits per heavy atom. The third-order valence-corrected chi connectivity index (χ3v) is 3.13. The molecule has 0 aliphatic rings. The van der Waals surface area contributed by atoms with E-state index >= 15 is 0 Å². The van der Waals surface area contributed by atoms with Crippen LogP contribution in [0, 0.1) is 0 Å². The van der Waals surface area contributed by atoms with Crippen LogP contribution in [-0.2, 0) is 0 Å². The minimum atomic E-state index is -0.560. The van der Waals surface area contributed by atoms with Gasteiger partial charge >= 0.3 is 6.03 Å². The van der Waals surface area contributed by atoms with Gasteiger partial charge in [0.05, 0.1) is 14.2 Å². The van der Waals surface area contributed by atoms with Gasteiger partial charge in [-0.1, -0.05) is 0 Å². The van der Waals surface area contributed by atoms with E-state index in [0.29, 0.717) is 22.9 Å². The van der Waals surface area contributed by atoms with E-state index in [1.54, 1.807) is 44.4 Å². The molecule has 0 bridgehead atoms. The molecule has 0 aromatic heterocycles. The zero-order valence-corrected chi connectivity index (χ0v) is 13.7. The predicted octanol–water partition coefficient (Wildman–Crippen LogP) is 2.96. The summed E-state index contributed by atoms with van der Waals surface area (Å²) in [5, 5.41) is 14.6. The first-order valence-electron chi connectivity index (χ1n) is 7.27. The number of hydrogen-bond acceptors (Lipinski definition) is 5. The van der Waals surface area contributed by atoms with Gasteiger partial charge in [-0.2, -0.15) is 0 Å². The molecule has 0 aliphatic carbocycles. The van der Waals surface area contributed by atoms with Gasteiger partial charge < -0.3 is 30.0 Å². The van der Waals surface area contributed by atoms with Crippen LogP contribution in [0.4, 0.5) is 10.5 Å². The van der Waals surface area contributed by atoms with Crippen LogP contribution in [0.2, 0.25) is 0 Å². The number of nitrogens with one attached hydrogen (secondary N) is 2. The monoisotopic (exact) mass is 332 g/mol. The standard InChI is InChI=1S/C17H20N2O5/c1-11(24-14-7-5-13(20)6-8-14)18-17(21)19-12-4-9-15(22-2)16(10-12)23-3/h4-11,20H,1-3H3,(H2,18,19,21). The lowest BCUT2D eigenvalue weighted by Gasteiger charge is -2.17. The Labute approximate surface area is 140 Å². The second kappa shape index (κ2) is 7.96. The Hall–Kier alpha value is -3.09. The van der Waals surface area contributed by atoms with Gasteiger partial charge in [0.1, 0.15) is 11.5 Å². The normalized spacial score (nSPS) is 11.3. The molecule has 0 heterocycles. The van der Waals surface area contributed by atoms with Crippen LogP contribution in [0.3, 0.4) is 0 Å². The molecule has 2 aromatic carbocycles. The molecule has 0 spiro atoms. The number of ether oxygens (including phenoxy) is 3. The molecule has 24 heavy (non-hydrogen) atoms. The molecule has 1 atom stereocenters. The fourth-order valence-electron chi connectivity index (χ4n) is 2.02. The van der Waals surface area contributed by atoms with Crippen molar-refractivity contribution in [3.8, 4) is 23.0 Å². The van der Waals surface area contributed by atoms with Crippen molar-refractivity contribution < 1.29 is 24.1 Å². The van der Waals surface area contributed by atoms with Crippen LogP contribution < -0.4 is 24.8 Å². The second-order valence-corrected chi connectivity index (χ2v) is 4.92. The van der Waals surface area contributed by atoms with Crippen molar-refractivity contribution in [3.05, 3.63) is 42.5 Å². The van der Waals surface area contributed by atoms with Crippen molar-refractivity contribution in [2.24, 2.45) is 0 Å². The summed E-state index contributed by atoms with van der Waals surface area (Å²) in [6.45, 7) is 1.70. The number of hydrogen-bond donors (Lipinski definition) is 3. The Kier molecular flexibility index (Phi) is 5.73. The summed E-state index contributed by atoms with van der Waals surface area (Å²) in [5.74, 6) is 1.78. The zero-order chi connectivity index (χ0) is 17.5. The van der Waals surface area contributed by atoms with E-state index in [9.17, 15) is 9.90 Å². The molecule has 3 N–H and O–H groups in total. The van der Waals surface area contributed by atoms with E-state index < -0.39 is 12.3 Å². The van der Waals surface area contributed by atoms with Crippen molar-refractivity contribution in [1.29, 1.82) is 0 Å². The highest BCUT2D eigenvalue weighted by molar-refractivity contribution is 5.89. The first-order chi connectivity index (χ1) is 11.5. The lowest BCUT2D eigenvalue weighted by atomic mass is 10.3. The van der Waals surface area contributed by atoms with Crippen LogP contribution in [-0.4, -0.2) is 31.6 Å². The van der Waals surface area contributed by atoms with E-state index in [2.05, 4.69) is 10.6 Å². The van der Waals surface area contributed by atoms with E-state index in [1.807, 2.05) is 0 Å². The maximum Gasteiger partial charge on any atom is 0.322 e. The molecule has 0 saturated carbocycles. The molecule has 128 valence electrons. The third kappa shape index (κ3) is 4.70. The van der Waals surface area contributed by atoms with Gasteiger partial charge in [0.2, 0.25) is 0 Å². The zero-order valence-electron chi connectivity index (χ0n) is 13.7. The number of urea groups is 1. The topological polar surface area (TPSA) is 89.1 Å². The van der Waals surface area contributed by atoms with E-state index in [0.717, 1.165) is 0 Å².